The molecule has 0 saturated heterocycles. The maximum atomic E-state index is 15.8. The SMILES string of the molecule is [B]C([B])([B])N(CCCF)CCOc1ccc(F)c([C@@H]2c3[nH]c4ccccc4c3C[C@@H](C)N2C[C@H](C)C(=O)O)c1C. The number of carboxylic acids is 1. The third kappa shape index (κ3) is 6.25. The Hall–Kier alpha value is -2.78. The molecular weight excluding hydrogens is 509 g/mol. The second-order valence-corrected chi connectivity index (χ2v) is 10.8. The monoisotopic (exact) mass is 543 g/mol. The molecule has 6 radical (unpaired) electrons. The van der Waals surface area contributed by atoms with Crippen molar-refractivity contribution in [3.63, 3.8) is 0 Å². The van der Waals surface area contributed by atoms with Gasteiger partial charge in [0.05, 0.1) is 42.2 Å². The van der Waals surface area contributed by atoms with Crippen molar-refractivity contribution in [2.45, 2.75) is 50.9 Å². The minimum atomic E-state index is -1.63. The molecule has 0 amide bonds. The first-order valence-electron chi connectivity index (χ1n) is 13.6. The van der Waals surface area contributed by atoms with Gasteiger partial charge in [0, 0.05) is 41.3 Å². The quantitative estimate of drug-likeness (QED) is 0.341. The average Bonchev–Trinajstić information content (AvgIpc) is 3.26. The number of para-hydroxylation sites is 1. The van der Waals surface area contributed by atoms with Gasteiger partial charge in [0.25, 0.3) is 0 Å². The van der Waals surface area contributed by atoms with Crippen LogP contribution in [0, 0.1) is 18.7 Å². The molecular formula is C29H34B3F2N3O3. The average molecular weight is 543 g/mol. The van der Waals surface area contributed by atoms with Gasteiger partial charge in [-0.1, -0.05) is 30.4 Å². The van der Waals surface area contributed by atoms with Crippen LogP contribution in [0.5, 0.6) is 5.75 Å². The van der Waals surface area contributed by atoms with Gasteiger partial charge in [-0.2, -0.15) is 0 Å². The molecule has 0 saturated carbocycles. The van der Waals surface area contributed by atoms with E-state index in [0.717, 1.165) is 22.2 Å². The molecule has 0 aliphatic carbocycles. The van der Waals surface area contributed by atoms with Crippen molar-refractivity contribution in [3.05, 3.63) is 64.6 Å². The highest BCUT2D eigenvalue weighted by atomic mass is 19.1. The molecule has 1 aliphatic heterocycles. The van der Waals surface area contributed by atoms with Crippen LogP contribution in [-0.4, -0.2) is 93.6 Å². The number of aliphatic carboxylic acids is 1. The van der Waals surface area contributed by atoms with Crippen LogP contribution < -0.4 is 4.74 Å². The second-order valence-electron chi connectivity index (χ2n) is 10.8. The summed E-state index contributed by atoms with van der Waals surface area (Å²) in [6.07, 6.45) is 0.928. The van der Waals surface area contributed by atoms with Gasteiger partial charge in [-0.3, -0.25) is 14.1 Å². The number of hydrogen-bond donors (Lipinski definition) is 2. The molecule has 206 valence electrons. The van der Waals surface area contributed by atoms with Crippen molar-refractivity contribution >= 4 is 40.4 Å². The van der Waals surface area contributed by atoms with E-state index >= 15 is 4.39 Å². The first-order chi connectivity index (χ1) is 18.9. The van der Waals surface area contributed by atoms with Crippen molar-refractivity contribution in [3.8, 4) is 5.75 Å². The second kappa shape index (κ2) is 12.4. The van der Waals surface area contributed by atoms with Gasteiger partial charge in [-0.25, -0.2) is 4.39 Å². The van der Waals surface area contributed by atoms with E-state index in [9.17, 15) is 14.3 Å². The molecule has 0 bridgehead atoms. The Morgan fingerprint density at radius 2 is 1.98 bits per heavy atom. The van der Waals surface area contributed by atoms with Crippen molar-refractivity contribution < 1.29 is 23.4 Å². The van der Waals surface area contributed by atoms with E-state index in [1.807, 2.05) is 31.2 Å². The summed E-state index contributed by atoms with van der Waals surface area (Å²) >= 11 is 0. The minimum Gasteiger partial charge on any atom is -0.492 e. The summed E-state index contributed by atoms with van der Waals surface area (Å²) in [7, 11) is 17.5. The zero-order valence-electron chi connectivity index (χ0n) is 23.3. The van der Waals surface area contributed by atoms with E-state index in [1.54, 1.807) is 19.9 Å². The Balaban J connectivity index is 1.73. The smallest absolute Gasteiger partial charge is 0.307 e. The number of aromatic amines is 1. The fourth-order valence-electron chi connectivity index (χ4n) is 5.68. The standard InChI is InChI=1S/C29H34B3F2N3O3/c1-17(28(38)39)16-37-18(2)15-21-20-7-4-5-8-23(20)35-26(21)27(37)25-19(3)24(10-9-22(25)34)40-14-13-36(12-6-11-33)29(30,31)32/h4-5,7-10,17-18,27,35H,6,11-16H2,1-3H3,(H,38,39)/t17-,18+,27+/m0/s1. The van der Waals surface area contributed by atoms with Gasteiger partial charge in [0.15, 0.2) is 0 Å². The number of nitrogens with one attached hydrogen (secondary N) is 1. The van der Waals surface area contributed by atoms with Gasteiger partial charge >= 0.3 is 5.97 Å². The fourth-order valence-corrected chi connectivity index (χ4v) is 5.68. The number of halogens is 2. The molecule has 1 aliphatic rings. The highest BCUT2D eigenvalue weighted by molar-refractivity contribution is 6.59. The Bertz CT molecular complexity index is 1350. The number of carboxylic acid groups (broad SMARTS) is 1. The zero-order valence-corrected chi connectivity index (χ0v) is 23.3. The summed E-state index contributed by atoms with van der Waals surface area (Å²) < 4.78 is 34.6. The lowest BCUT2D eigenvalue weighted by Crippen LogP contribution is -2.52. The number of hydrogen-bond acceptors (Lipinski definition) is 4. The van der Waals surface area contributed by atoms with Crippen LogP contribution in [0.3, 0.4) is 0 Å². The van der Waals surface area contributed by atoms with Crippen LogP contribution in [0.1, 0.15) is 48.7 Å². The maximum Gasteiger partial charge on any atom is 0.307 e. The highest BCUT2D eigenvalue weighted by Crippen LogP contribution is 2.44. The van der Waals surface area contributed by atoms with Crippen LogP contribution in [0.4, 0.5) is 8.78 Å². The topological polar surface area (TPSA) is 68.8 Å². The molecule has 1 aromatic heterocycles. The van der Waals surface area contributed by atoms with Crippen molar-refractivity contribution in [1.29, 1.82) is 0 Å². The number of nitrogens with zero attached hydrogens (tertiary/aromatic N) is 2. The van der Waals surface area contributed by atoms with Gasteiger partial charge < -0.3 is 19.7 Å². The number of alkyl halides is 1. The number of carbonyl (C=O) groups is 1. The summed E-state index contributed by atoms with van der Waals surface area (Å²) in [6.45, 7) is 5.87. The Kier molecular flexibility index (Phi) is 9.35. The molecule has 4 rings (SSSR count). The van der Waals surface area contributed by atoms with E-state index < -0.39 is 35.7 Å². The van der Waals surface area contributed by atoms with Gasteiger partial charge in [-0.05, 0) is 62.6 Å². The molecule has 2 N–H and O–H groups in total. The van der Waals surface area contributed by atoms with Crippen LogP contribution in [0.25, 0.3) is 10.9 Å². The number of H-pyrrole nitrogens is 1. The Labute approximate surface area is 238 Å². The lowest BCUT2D eigenvalue weighted by atomic mass is 9.48. The number of ether oxygens (including phenoxy) is 1. The first kappa shape index (κ1) is 30.2. The molecule has 11 heteroatoms. The van der Waals surface area contributed by atoms with E-state index in [0.29, 0.717) is 23.3 Å². The fraction of sp³-hybridized carbons (Fsp3) is 0.483. The molecule has 40 heavy (non-hydrogen) atoms. The molecule has 6 nitrogen and oxygen atoms in total. The van der Waals surface area contributed by atoms with Gasteiger partial charge in [0.1, 0.15) is 18.2 Å². The summed E-state index contributed by atoms with van der Waals surface area (Å²) in [4.78, 5) is 18.9. The molecule has 3 atom stereocenters. The molecule has 2 heterocycles. The summed E-state index contributed by atoms with van der Waals surface area (Å²) in [5, 5.41) is 9.14. The Morgan fingerprint density at radius 1 is 1.25 bits per heavy atom. The van der Waals surface area contributed by atoms with E-state index in [2.05, 4.69) is 9.88 Å². The molecule has 0 unspecified atom stereocenters. The van der Waals surface area contributed by atoms with Crippen molar-refractivity contribution in [2.24, 2.45) is 5.92 Å². The third-order valence-corrected chi connectivity index (χ3v) is 7.84. The molecule has 0 spiro atoms. The predicted octanol–water partition coefficient (Wildman–Crippen LogP) is 3.83. The predicted molar refractivity (Wildman–Crippen MR) is 156 cm³/mol. The molecule has 3 aromatic rings. The van der Waals surface area contributed by atoms with Crippen LogP contribution in [0.2, 0.25) is 0 Å². The summed E-state index contributed by atoms with van der Waals surface area (Å²) in [5.74, 6) is -1.49. The van der Waals surface area contributed by atoms with Crippen LogP contribution >= 0.6 is 0 Å². The Morgan fingerprint density at radius 3 is 2.65 bits per heavy atom. The normalized spacial score (nSPS) is 18.6. The zero-order chi connectivity index (χ0) is 29.2. The lowest BCUT2D eigenvalue weighted by molar-refractivity contribution is -0.142. The van der Waals surface area contributed by atoms with Crippen LogP contribution in [0.15, 0.2) is 36.4 Å². The van der Waals surface area contributed by atoms with Crippen molar-refractivity contribution in [2.75, 3.05) is 32.9 Å². The van der Waals surface area contributed by atoms with E-state index in [1.165, 1.54) is 11.0 Å². The van der Waals surface area contributed by atoms with Crippen LogP contribution in [-0.2, 0) is 11.2 Å². The number of benzene rings is 2. The maximum absolute atomic E-state index is 15.8. The van der Waals surface area contributed by atoms with Gasteiger partial charge in [-0.15, -0.1) is 0 Å². The summed E-state index contributed by atoms with van der Waals surface area (Å²) in [5.41, 5.74) is 3.94. The van der Waals surface area contributed by atoms with E-state index in [4.69, 9.17) is 28.3 Å². The summed E-state index contributed by atoms with van der Waals surface area (Å²) in [6, 6.07) is 10.3. The van der Waals surface area contributed by atoms with Crippen molar-refractivity contribution in [1.82, 2.24) is 14.8 Å². The lowest BCUT2D eigenvalue weighted by Gasteiger charge is -2.42. The molecule has 0 fully saturated rings. The van der Waals surface area contributed by atoms with E-state index in [-0.39, 0.29) is 38.7 Å². The highest BCUT2D eigenvalue weighted by Gasteiger charge is 2.39. The third-order valence-electron chi connectivity index (χ3n) is 7.84. The minimum absolute atomic E-state index is 0.0438. The largest absolute Gasteiger partial charge is 0.492 e. The number of aromatic nitrogens is 1. The first-order valence-corrected chi connectivity index (χ1v) is 13.6. The number of rotatable bonds is 12. The molecule has 2 aromatic carbocycles. The number of fused-ring (bicyclic) bond motifs is 3. The van der Waals surface area contributed by atoms with Gasteiger partial charge in [0.2, 0.25) is 0 Å².